The maximum atomic E-state index is 11.6. The summed E-state index contributed by atoms with van der Waals surface area (Å²) in [5.74, 6) is 0. The van der Waals surface area contributed by atoms with Gasteiger partial charge in [0.25, 0.3) is 5.69 Å². The molecule has 0 saturated carbocycles. The van der Waals surface area contributed by atoms with Gasteiger partial charge < -0.3 is 9.30 Å². The van der Waals surface area contributed by atoms with Gasteiger partial charge in [-0.05, 0) is 6.04 Å². The van der Waals surface area contributed by atoms with Gasteiger partial charge in [0, 0.05) is 44.1 Å². The molecule has 0 N–H and O–H groups in total. The van der Waals surface area contributed by atoms with E-state index in [1.165, 1.54) is 18.5 Å². The van der Waals surface area contributed by atoms with E-state index >= 15 is 0 Å². The average molecular weight is 398 g/mol. The van der Waals surface area contributed by atoms with Crippen LogP contribution in [0.5, 0.6) is 0 Å². The molecule has 0 bridgehead atoms. The van der Waals surface area contributed by atoms with E-state index in [9.17, 15) is 14.9 Å². The quantitative estimate of drug-likeness (QED) is 0.186. The largest absolute Gasteiger partial charge is 0.361 e. The van der Waals surface area contributed by atoms with E-state index < -0.39 is 13.0 Å². The van der Waals surface area contributed by atoms with Crippen molar-refractivity contribution in [3.05, 3.63) is 52.5 Å². The summed E-state index contributed by atoms with van der Waals surface area (Å²) < 4.78 is 7.56. The first-order valence-corrected chi connectivity index (χ1v) is 12.6. The highest BCUT2D eigenvalue weighted by Gasteiger charge is 2.18. The lowest BCUT2D eigenvalue weighted by molar-refractivity contribution is -0.384. The van der Waals surface area contributed by atoms with Gasteiger partial charge in [-0.1, -0.05) is 31.8 Å². The van der Waals surface area contributed by atoms with Crippen LogP contribution >= 0.6 is 0 Å². The summed E-state index contributed by atoms with van der Waals surface area (Å²) in [7, 11) is -1.19. The molecule has 0 atom stereocenters. The van der Waals surface area contributed by atoms with Gasteiger partial charge in [0.05, 0.1) is 16.0 Å². The van der Waals surface area contributed by atoms with Crippen molar-refractivity contribution in [2.24, 2.45) is 0 Å². The molecule has 0 radical (unpaired) electrons. The highest BCUT2D eigenvalue weighted by atomic mass is 28.3. The first-order chi connectivity index (χ1) is 13.3. The highest BCUT2D eigenvalue weighted by molar-refractivity contribution is 6.76. The minimum absolute atomic E-state index is 0.0361. The summed E-state index contributed by atoms with van der Waals surface area (Å²) in [5.41, 5.74) is 1.99. The molecule has 0 saturated heterocycles. The molecule has 9 heteroatoms. The number of carbonyl (C=O) groups excluding carboxylic acids is 1. The zero-order chi connectivity index (χ0) is 20.3. The molecule has 146 valence electrons. The van der Waals surface area contributed by atoms with Gasteiger partial charge in [-0.25, -0.2) is 9.97 Å². The normalized spacial score (nSPS) is 11.7. The van der Waals surface area contributed by atoms with Crippen molar-refractivity contribution in [3.63, 3.8) is 0 Å². The van der Waals surface area contributed by atoms with Crippen LogP contribution in [0.3, 0.4) is 0 Å². The molecule has 1 aromatic carbocycles. The number of hydrogen-bond acceptors (Lipinski definition) is 6. The fourth-order valence-corrected chi connectivity index (χ4v) is 3.62. The fourth-order valence-electron chi connectivity index (χ4n) is 2.87. The van der Waals surface area contributed by atoms with E-state index in [-0.39, 0.29) is 12.4 Å². The van der Waals surface area contributed by atoms with E-state index in [1.54, 1.807) is 22.9 Å². The summed E-state index contributed by atoms with van der Waals surface area (Å²) >= 11 is 0. The summed E-state index contributed by atoms with van der Waals surface area (Å²) in [6.07, 6.45) is 3.82. The van der Waals surface area contributed by atoms with Gasteiger partial charge in [0.2, 0.25) is 0 Å². The number of rotatable bonds is 8. The zero-order valence-corrected chi connectivity index (χ0v) is 17.1. The predicted molar refractivity (Wildman–Crippen MR) is 109 cm³/mol. The van der Waals surface area contributed by atoms with Crippen LogP contribution in [0.4, 0.5) is 5.69 Å². The number of aldehydes is 1. The van der Waals surface area contributed by atoms with Crippen LogP contribution in [0.2, 0.25) is 25.7 Å². The van der Waals surface area contributed by atoms with Crippen LogP contribution in [0, 0.1) is 10.1 Å². The number of aromatic nitrogens is 3. The maximum Gasteiger partial charge on any atom is 0.270 e. The molecular weight excluding hydrogens is 376 g/mol. The standard InChI is InChI=1S/C19H22N4O4Si/c1-28(2,3)8-7-27-13-22-10-15(11-24)17-18(20-12-21-19(17)22)14-5-4-6-16(9-14)23(25)26/h4-6,9-12H,7-8,13H2,1-3H3. The summed E-state index contributed by atoms with van der Waals surface area (Å²) in [5, 5.41) is 11.7. The van der Waals surface area contributed by atoms with Crippen LogP contribution in [0.1, 0.15) is 10.4 Å². The zero-order valence-electron chi connectivity index (χ0n) is 16.1. The second kappa shape index (κ2) is 7.99. The number of nitro groups is 1. The molecule has 0 aliphatic carbocycles. The van der Waals surface area contributed by atoms with Crippen molar-refractivity contribution in [3.8, 4) is 11.3 Å². The lowest BCUT2D eigenvalue weighted by atomic mass is 10.1. The first kappa shape index (κ1) is 19.8. The lowest BCUT2D eigenvalue weighted by Gasteiger charge is -2.15. The molecule has 0 amide bonds. The third-order valence-corrected chi connectivity index (χ3v) is 6.07. The highest BCUT2D eigenvalue weighted by Crippen LogP contribution is 2.30. The number of nitrogens with zero attached hydrogens (tertiary/aromatic N) is 4. The van der Waals surface area contributed by atoms with Crippen molar-refractivity contribution < 1.29 is 14.5 Å². The Morgan fingerprint density at radius 3 is 2.75 bits per heavy atom. The van der Waals surface area contributed by atoms with E-state index in [0.717, 1.165) is 12.3 Å². The van der Waals surface area contributed by atoms with E-state index in [1.807, 2.05) is 0 Å². The van der Waals surface area contributed by atoms with Crippen molar-refractivity contribution in [2.45, 2.75) is 32.4 Å². The molecule has 28 heavy (non-hydrogen) atoms. The number of ether oxygens (including phenoxy) is 1. The van der Waals surface area contributed by atoms with Gasteiger partial charge in [-0.2, -0.15) is 0 Å². The Morgan fingerprint density at radius 1 is 1.29 bits per heavy atom. The molecule has 2 heterocycles. The van der Waals surface area contributed by atoms with Crippen LogP contribution < -0.4 is 0 Å². The smallest absolute Gasteiger partial charge is 0.270 e. The second-order valence-electron chi connectivity index (χ2n) is 7.75. The van der Waals surface area contributed by atoms with E-state index in [4.69, 9.17) is 4.74 Å². The van der Waals surface area contributed by atoms with Gasteiger partial charge >= 0.3 is 0 Å². The van der Waals surface area contributed by atoms with Gasteiger partial charge in [-0.15, -0.1) is 0 Å². The molecule has 3 rings (SSSR count). The maximum absolute atomic E-state index is 11.6. The van der Waals surface area contributed by atoms with Gasteiger partial charge in [-0.3, -0.25) is 14.9 Å². The van der Waals surface area contributed by atoms with Crippen molar-refractivity contribution >= 4 is 31.1 Å². The third-order valence-electron chi connectivity index (χ3n) is 4.37. The molecule has 0 spiro atoms. The molecule has 0 fully saturated rings. The Labute approximate surface area is 163 Å². The third kappa shape index (κ3) is 4.32. The number of carbonyl (C=O) groups is 1. The Hall–Kier alpha value is -2.91. The number of non-ortho nitro benzene ring substituents is 1. The molecule has 3 aromatic rings. The first-order valence-electron chi connectivity index (χ1n) is 8.92. The van der Waals surface area contributed by atoms with Crippen LogP contribution in [0.25, 0.3) is 22.3 Å². The van der Waals surface area contributed by atoms with Crippen molar-refractivity contribution in [1.29, 1.82) is 0 Å². The summed E-state index contributed by atoms with van der Waals surface area (Å²) in [6, 6.07) is 7.22. The lowest BCUT2D eigenvalue weighted by Crippen LogP contribution is -2.22. The summed E-state index contributed by atoms with van der Waals surface area (Å²) in [6.45, 7) is 7.77. The fraction of sp³-hybridized carbons (Fsp3) is 0.316. The Morgan fingerprint density at radius 2 is 2.07 bits per heavy atom. The monoisotopic (exact) mass is 398 g/mol. The molecule has 2 aromatic heterocycles. The minimum atomic E-state index is -1.19. The number of hydrogen-bond donors (Lipinski definition) is 0. The summed E-state index contributed by atoms with van der Waals surface area (Å²) in [4.78, 5) is 30.9. The average Bonchev–Trinajstić information content (AvgIpc) is 3.02. The molecule has 0 unspecified atom stereocenters. The van der Waals surface area contributed by atoms with Crippen LogP contribution in [0.15, 0.2) is 36.8 Å². The van der Waals surface area contributed by atoms with E-state index in [0.29, 0.717) is 34.5 Å². The molecule has 8 nitrogen and oxygen atoms in total. The number of benzene rings is 1. The van der Waals surface area contributed by atoms with Crippen LogP contribution in [-0.4, -0.2) is 40.4 Å². The van der Waals surface area contributed by atoms with Crippen LogP contribution in [-0.2, 0) is 11.5 Å². The van der Waals surface area contributed by atoms with Crippen molar-refractivity contribution in [2.75, 3.05) is 6.61 Å². The molecule has 0 aliphatic rings. The Kier molecular flexibility index (Phi) is 5.66. The van der Waals surface area contributed by atoms with Gasteiger partial charge in [0.15, 0.2) is 6.29 Å². The van der Waals surface area contributed by atoms with Crippen molar-refractivity contribution in [1.82, 2.24) is 14.5 Å². The second-order valence-corrected chi connectivity index (χ2v) is 13.4. The van der Waals surface area contributed by atoms with E-state index in [2.05, 4.69) is 29.6 Å². The number of fused-ring (bicyclic) bond motifs is 1. The topological polar surface area (TPSA) is 100 Å². The number of nitro benzene ring substituents is 1. The van der Waals surface area contributed by atoms with Gasteiger partial charge in [0.1, 0.15) is 18.7 Å². The Bertz CT molecular complexity index is 1030. The predicted octanol–water partition coefficient (Wildman–Crippen LogP) is 4.13. The SMILES string of the molecule is C[Si](C)(C)CCOCn1cc(C=O)c2c(-c3cccc([N+](=O)[O-])c3)ncnc21. The molecule has 0 aliphatic heterocycles. The molecular formula is C19H22N4O4Si. The Balaban J connectivity index is 1.98. The minimum Gasteiger partial charge on any atom is -0.361 e.